The first kappa shape index (κ1) is 14.6. The van der Waals surface area contributed by atoms with E-state index in [1.807, 2.05) is 30.5 Å². The Labute approximate surface area is 120 Å². The van der Waals surface area contributed by atoms with Gasteiger partial charge in [0.05, 0.1) is 0 Å². The molecule has 1 amide bonds. The van der Waals surface area contributed by atoms with Crippen molar-refractivity contribution in [2.45, 2.75) is 52.0 Å². The number of hydrogen-bond donors (Lipinski definition) is 2. The fourth-order valence-corrected chi connectivity index (χ4v) is 2.55. The highest BCUT2D eigenvalue weighted by molar-refractivity contribution is 5.98. The lowest BCUT2D eigenvalue weighted by atomic mass is 10.0. The Morgan fingerprint density at radius 3 is 2.80 bits per heavy atom. The van der Waals surface area contributed by atoms with E-state index in [0.717, 1.165) is 35.7 Å². The number of unbranched alkanes of at least 4 members (excludes halogenated alkanes) is 1. The van der Waals surface area contributed by atoms with Crippen LogP contribution in [0.15, 0.2) is 30.5 Å². The summed E-state index contributed by atoms with van der Waals surface area (Å²) < 4.78 is 0. The molecule has 1 aromatic carbocycles. The van der Waals surface area contributed by atoms with Crippen molar-refractivity contribution in [2.75, 3.05) is 0 Å². The Hall–Kier alpha value is -1.77. The minimum absolute atomic E-state index is 0.0380. The fourth-order valence-electron chi connectivity index (χ4n) is 2.55. The maximum absolute atomic E-state index is 12.3. The highest BCUT2D eigenvalue weighted by atomic mass is 16.1. The number of nitrogens with one attached hydrogen (secondary N) is 2. The summed E-state index contributed by atoms with van der Waals surface area (Å²) in [6.07, 6.45) is 7.46. The van der Waals surface area contributed by atoms with Crippen LogP contribution in [0.4, 0.5) is 0 Å². The van der Waals surface area contributed by atoms with Gasteiger partial charge in [-0.05, 0) is 36.4 Å². The van der Waals surface area contributed by atoms with Crippen molar-refractivity contribution in [3.05, 3.63) is 36.0 Å². The van der Waals surface area contributed by atoms with E-state index < -0.39 is 0 Å². The van der Waals surface area contributed by atoms with E-state index in [2.05, 4.69) is 24.1 Å². The molecule has 20 heavy (non-hydrogen) atoms. The van der Waals surface area contributed by atoms with E-state index in [1.54, 1.807) is 0 Å². The summed E-state index contributed by atoms with van der Waals surface area (Å²) in [4.78, 5) is 15.5. The molecule has 0 bridgehead atoms. The molecule has 0 spiro atoms. The zero-order chi connectivity index (χ0) is 14.4. The van der Waals surface area contributed by atoms with E-state index in [9.17, 15) is 4.79 Å². The van der Waals surface area contributed by atoms with Gasteiger partial charge in [-0.1, -0.05) is 39.2 Å². The maximum Gasteiger partial charge on any atom is 0.251 e. The number of aromatic nitrogens is 1. The largest absolute Gasteiger partial charge is 0.361 e. The number of carbonyl (C=O) groups excluding carboxylic acids is 1. The second-order valence-electron chi connectivity index (χ2n) is 5.38. The smallest absolute Gasteiger partial charge is 0.251 e. The molecule has 0 radical (unpaired) electrons. The summed E-state index contributed by atoms with van der Waals surface area (Å²) in [7, 11) is 0. The van der Waals surface area contributed by atoms with Gasteiger partial charge >= 0.3 is 0 Å². The average molecular weight is 272 g/mol. The molecular formula is C17H24N2O. The van der Waals surface area contributed by atoms with E-state index in [4.69, 9.17) is 0 Å². The van der Waals surface area contributed by atoms with Gasteiger partial charge in [-0.3, -0.25) is 4.79 Å². The lowest BCUT2D eigenvalue weighted by Crippen LogP contribution is -2.34. The Morgan fingerprint density at radius 1 is 1.20 bits per heavy atom. The average Bonchev–Trinajstić information content (AvgIpc) is 2.92. The molecule has 2 N–H and O–H groups in total. The van der Waals surface area contributed by atoms with Crippen LogP contribution in [-0.2, 0) is 0 Å². The summed E-state index contributed by atoms with van der Waals surface area (Å²) >= 11 is 0. The molecule has 1 aromatic heterocycles. The molecule has 1 atom stereocenters. The predicted molar refractivity (Wildman–Crippen MR) is 84.0 cm³/mol. The third-order valence-corrected chi connectivity index (χ3v) is 3.70. The molecule has 1 unspecified atom stereocenters. The minimum atomic E-state index is 0.0380. The molecule has 0 aliphatic heterocycles. The molecule has 2 aromatic rings. The van der Waals surface area contributed by atoms with Crippen molar-refractivity contribution >= 4 is 16.8 Å². The van der Waals surface area contributed by atoms with Gasteiger partial charge in [0.1, 0.15) is 0 Å². The zero-order valence-electron chi connectivity index (χ0n) is 12.4. The van der Waals surface area contributed by atoms with Crippen LogP contribution in [0.5, 0.6) is 0 Å². The molecule has 2 rings (SSSR count). The van der Waals surface area contributed by atoms with Gasteiger partial charge in [-0.15, -0.1) is 0 Å². The van der Waals surface area contributed by atoms with Gasteiger partial charge < -0.3 is 10.3 Å². The van der Waals surface area contributed by atoms with E-state index >= 15 is 0 Å². The normalized spacial score (nSPS) is 12.5. The van der Waals surface area contributed by atoms with Crippen LogP contribution in [0.1, 0.15) is 56.3 Å². The summed E-state index contributed by atoms with van der Waals surface area (Å²) in [5.74, 6) is 0.0380. The third kappa shape index (κ3) is 3.62. The molecule has 0 saturated carbocycles. The number of amides is 1. The van der Waals surface area contributed by atoms with E-state index in [1.165, 1.54) is 12.8 Å². The van der Waals surface area contributed by atoms with Gasteiger partial charge in [-0.2, -0.15) is 0 Å². The summed E-state index contributed by atoms with van der Waals surface area (Å²) in [6.45, 7) is 4.35. The van der Waals surface area contributed by atoms with Gasteiger partial charge in [0.2, 0.25) is 0 Å². The molecule has 0 aliphatic carbocycles. The van der Waals surface area contributed by atoms with Crippen molar-refractivity contribution in [1.29, 1.82) is 0 Å². The Balaban J connectivity index is 2.04. The van der Waals surface area contributed by atoms with Crippen molar-refractivity contribution < 1.29 is 4.79 Å². The SMILES string of the molecule is CCCCC(CCC)NC(=O)c1ccc2cc[nH]c2c1. The third-order valence-electron chi connectivity index (χ3n) is 3.70. The first-order chi connectivity index (χ1) is 9.74. The lowest BCUT2D eigenvalue weighted by molar-refractivity contribution is 0.0932. The highest BCUT2D eigenvalue weighted by Crippen LogP contribution is 2.15. The Morgan fingerprint density at radius 2 is 2.05 bits per heavy atom. The molecule has 0 fully saturated rings. The topological polar surface area (TPSA) is 44.9 Å². The van der Waals surface area contributed by atoms with Crippen LogP contribution >= 0.6 is 0 Å². The van der Waals surface area contributed by atoms with Crippen LogP contribution < -0.4 is 5.32 Å². The Bertz CT molecular complexity index is 559. The molecule has 0 saturated heterocycles. The van der Waals surface area contributed by atoms with Crippen molar-refractivity contribution in [3.63, 3.8) is 0 Å². The van der Waals surface area contributed by atoms with Gasteiger partial charge in [0.25, 0.3) is 5.91 Å². The lowest BCUT2D eigenvalue weighted by Gasteiger charge is -2.18. The molecule has 1 heterocycles. The molecule has 3 heteroatoms. The van der Waals surface area contributed by atoms with Gasteiger partial charge in [-0.25, -0.2) is 0 Å². The van der Waals surface area contributed by atoms with Crippen LogP contribution in [-0.4, -0.2) is 16.9 Å². The van der Waals surface area contributed by atoms with Gasteiger partial charge in [0, 0.05) is 23.3 Å². The monoisotopic (exact) mass is 272 g/mol. The van der Waals surface area contributed by atoms with E-state index in [0.29, 0.717) is 6.04 Å². The number of H-pyrrole nitrogens is 1. The van der Waals surface area contributed by atoms with Crippen molar-refractivity contribution in [3.8, 4) is 0 Å². The van der Waals surface area contributed by atoms with Crippen LogP contribution in [0.3, 0.4) is 0 Å². The predicted octanol–water partition coefficient (Wildman–Crippen LogP) is 4.26. The van der Waals surface area contributed by atoms with Crippen molar-refractivity contribution in [1.82, 2.24) is 10.3 Å². The quantitative estimate of drug-likeness (QED) is 0.777. The first-order valence-electron chi connectivity index (χ1n) is 7.62. The number of hydrogen-bond acceptors (Lipinski definition) is 1. The number of benzene rings is 1. The number of carbonyl (C=O) groups is 1. The first-order valence-corrected chi connectivity index (χ1v) is 7.62. The standard InChI is InChI=1S/C17H24N2O/c1-3-5-7-15(6-4-2)19-17(20)14-9-8-13-10-11-18-16(13)12-14/h8-12,15,18H,3-7H2,1-2H3,(H,19,20). The molecular weight excluding hydrogens is 248 g/mol. The fraction of sp³-hybridized carbons (Fsp3) is 0.471. The van der Waals surface area contributed by atoms with E-state index in [-0.39, 0.29) is 5.91 Å². The van der Waals surface area contributed by atoms with Gasteiger partial charge in [0.15, 0.2) is 0 Å². The van der Waals surface area contributed by atoms with Crippen LogP contribution in [0, 0.1) is 0 Å². The van der Waals surface area contributed by atoms with Crippen LogP contribution in [0.2, 0.25) is 0 Å². The summed E-state index contributed by atoms with van der Waals surface area (Å²) in [6, 6.07) is 8.12. The maximum atomic E-state index is 12.3. The second-order valence-corrected chi connectivity index (χ2v) is 5.38. The zero-order valence-corrected chi connectivity index (χ0v) is 12.4. The Kier molecular flexibility index (Phi) is 5.22. The number of fused-ring (bicyclic) bond motifs is 1. The van der Waals surface area contributed by atoms with Crippen molar-refractivity contribution in [2.24, 2.45) is 0 Å². The summed E-state index contributed by atoms with van der Waals surface area (Å²) in [5, 5.41) is 4.31. The summed E-state index contributed by atoms with van der Waals surface area (Å²) in [5.41, 5.74) is 1.75. The molecule has 0 aliphatic rings. The number of rotatable bonds is 7. The second kappa shape index (κ2) is 7.13. The minimum Gasteiger partial charge on any atom is -0.361 e. The van der Waals surface area contributed by atoms with Crippen LogP contribution in [0.25, 0.3) is 10.9 Å². The number of aromatic amines is 1. The molecule has 108 valence electrons. The highest BCUT2D eigenvalue weighted by Gasteiger charge is 2.13. The molecule has 3 nitrogen and oxygen atoms in total.